The van der Waals surface area contributed by atoms with Crippen molar-refractivity contribution in [3.63, 3.8) is 0 Å². The zero-order valence-corrected chi connectivity index (χ0v) is 11.0. The number of rotatable bonds is 4. The summed E-state index contributed by atoms with van der Waals surface area (Å²) in [6.07, 6.45) is 3.65. The molecule has 0 aromatic carbocycles. The van der Waals surface area contributed by atoms with Gasteiger partial charge in [-0.3, -0.25) is 0 Å². The Kier molecular flexibility index (Phi) is 3.58. The van der Waals surface area contributed by atoms with Crippen LogP contribution in [0.5, 0.6) is 5.88 Å². The van der Waals surface area contributed by atoms with Gasteiger partial charge in [0.15, 0.2) is 0 Å². The number of ether oxygens (including phenoxy) is 1. The maximum atomic E-state index is 11.0. The van der Waals surface area contributed by atoms with E-state index in [2.05, 4.69) is 11.9 Å². The molecule has 0 aliphatic heterocycles. The van der Waals surface area contributed by atoms with Gasteiger partial charge in [-0.25, -0.2) is 13.4 Å². The van der Waals surface area contributed by atoms with Crippen LogP contribution in [0.25, 0.3) is 0 Å². The largest absolute Gasteiger partial charge is 0.477 e. The van der Waals surface area contributed by atoms with E-state index in [0.717, 1.165) is 0 Å². The minimum absolute atomic E-state index is 0.0106. The molecule has 1 aliphatic carbocycles. The molecule has 1 saturated carbocycles. The van der Waals surface area contributed by atoms with Crippen molar-refractivity contribution in [2.24, 2.45) is 11.8 Å². The minimum Gasteiger partial charge on any atom is -0.477 e. The van der Waals surface area contributed by atoms with Gasteiger partial charge in [0.1, 0.15) is 4.90 Å². The van der Waals surface area contributed by atoms with E-state index in [4.69, 9.17) is 15.4 Å². The summed E-state index contributed by atoms with van der Waals surface area (Å²) in [4.78, 5) is 3.90. The molecule has 4 nitrogen and oxygen atoms in total. The van der Waals surface area contributed by atoms with Crippen molar-refractivity contribution >= 4 is 19.7 Å². The molecule has 1 fully saturated rings. The Morgan fingerprint density at radius 1 is 1.47 bits per heavy atom. The molecule has 0 radical (unpaired) electrons. The number of hydrogen-bond donors (Lipinski definition) is 0. The predicted molar refractivity (Wildman–Crippen MR) is 64.7 cm³/mol. The van der Waals surface area contributed by atoms with Crippen LogP contribution < -0.4 is 4.74 Å². The lowest BCUT2D eigenvalue weighted by atomic mass is 9.75. The van der Waals surface area contributed by atoms with Crippen LogP contribution in [0, 0.1) is 11.8 Å². The standard InChI is InChI=1S/C11H14ClNO3S/c1-8-2-3-9(8)7-16-11-5-4-10(6-13-11)17(12,14)15/h4-6,8-9H,2-3,7H2,1H3/t8-,9+/m0/s1. The maximum Gasteiger partial charge on any atom is 0.262 e. The normalized spacial score (nSPS) is 24.1. The second-order valence-electron chi connectivity index (χ2n) is 4.40. The molecule has 17 heavy (non-hydrogen) atoms. The van der Waals surface area contributed by atoms with Gasteiger partial charge in [-0.2, -0.15) is 0 Å². The second-order valence-corrected chi connectivity index (χ2v) is 6.96. The van der Waals surface area contributed by atoms with Gasteiger partial charge in [0, 0.05) is 16.7 Å². The lowest BCUT2D eigenvalue weighted by molar-refractivity contribution is 0.113. The average Bonchev–Trinajstić information content (AvgIpc) is 2.27. The highest BCUT2D eigenvalue weighted by atomic mass is 35.7. The Labute approximate surface area is 105 Å². The SMILES string of the molecule is C[C@H]1CC[C@@H]1COc1ccc(S(=O)(=O)Cl)cn1. The molecule has 0 N–H and O–H groups in total. The van der Waals surface area contributed by atoms with Crippen molar-refractivity contribution in [1.82, 2.24) is 4.98 Å². The van der Waals surface area contributed by atoms with E-state index in [0.29, 0.717) is 24.3 Å². The van der Waals surface area contributed by atoms with Crippen molar-refractivity contribution in [3.05, 3.63) is 18.3 Å². The molecule has 0 bridgehead atoms. The van der Waals surface area contributed by atoms with Gasteiger partial charge in [-0.1, -0.05) is 6.92 Å². The van der Waals surface area contributed by atoms with Crippen LogP contribution in [0.1, 0.15) is 19.8 Å². The Hall–Kier alpha value is -0.810. The van der Waals surface area contributed by atoms with Crippen LogP contribution in [0.4, 0.5) is 0 Å². The van der Waals surface area contributed by atoms with Crippen LogP contribution in [0.3, 0.4) is 0 Å². The van der Waals surface area contributed by atoms with Crippen molar-refractivity contribution in [1.29, 1.82) is 0 Å². The molecule has 0 spiro atoms. The first-order valence-electron chi connectivity index (χ1n) is 5.50. The molecule has 0 unspecified atom stereocenters. The fourth-order valence-electron chi connectivity index (χ4n) is 1.77. The summed E-state index contributed by atoms with van der Waals surface area (Å²) in [6.45, 7) is 2.84. The first-order chi connectivity index (χ1) is 7.97. The zero-order chi connectivity index (χ0) is 12.5. The third-order valence-electron chi connectivity index (χ3n) is 3.23. The van der Waals surface area contributed by atoms with Crippen LogP contribution in [-0.2, 0) is 9.05 Å². The van der Waals surface area contributed by atoms with Crippen molar-refractivity contribution in [2.45, 2.75) is 24.7 Å². The van der Waals surface area contributed by atoms with E-state index >= 15 is 0 Å². The highest BCUT2D eigenvalue weighted by Gasteiger charge is 2.27. The summed E-state index contributed by atoms with van der Waals surface area (Å²) in [5.41, 5.74) is 0. The highest BCUT2D eigenvalue weighted by molar-refractivity contribution is 8.13. The summed E-state index contributed by atoms with van der Waals surface area (Å²) >= 11 is 0. The van der Waals surface area contributed by atoms with E-state index in [1.807, 2.05) is 0 Å². The van der Waals surface area contributed by atoms with Gasteiger partial charge in [0.25, 0.3) is 9.05 Å². The molecule has 2 rings (SSSR count). The third kappa shape index (κ3) is 3.10. The van der Waals surface area contributed by atoms with Crippen LogP contribution in [0.15, 0.2) is 23.2 Å². The van der Waals surface area contributed by atoms with Gasteiger partial charge in [-0.15, -0.1) is 0 Å². The average molecular weight is 276 g/mol. The lowest BCUT2D eigenvalue weighted by Crippen LogP contribution is -2.28. The monoisotopic (exact) mass is 275 g/mol. The molecule has 1 heterocycles. The van der Waals surface area contributed by atoms with Crippen molar-refractivity contribution in [3.8, 4) is 5.88 Å². The predicted octanol–water partition coefficient (Wildman–Crippen LogP) is 2.43. The minimum atomic E-state index is -3.70. The van der Waals surface area contributed by atoms with Gasteiger partial charge in [0.05, 0.1) is 12.8 Å². The van der Waals surface area contributed by atoms with E-state index in [9.17, 15) is 8.42 Å². The molecule has 1 aromatic rings. The number of pyridine rings is 1. The van der Waals surface area contributed by atoms with Gasteiger partial charge < -0.3 is 4.74 Å². The van der Waals surface area contributed by atoms with Gasteiger partial charge in [0.2, 0.25) is 5.88 Å². The maximum absolute atomic E-state index is 11.0. The van der Waals surface area contributed by atoms with Gasteiger partial charge >= 0.3 is 0 Å². The Morgan fingerprint density at radius 2 is 2.24 bits per heavy atom. The van der Waals surface area contributed by atoms with Crippen LogP contribution in [0.2, 0.25) is 0 Å². The van der Waals surface area contributed by atoms with Gasteiger partial charge in [-0.05, 0) is 30.7 Å². The fraction of sp³-hybridized carbons (Fsp3) is 0.545. The Balaban J connectivity index is 1.94. The molecule has 0 amide bonds. The first kappa shape index (κ1) is 12.6. The molecule has 1 aromatic heterocycles. The van der Waals surface area contributed by atoms with Crippen molar-refractivity contribution in [2.75, 3.05) is 6.61 Å². The van der Waals surface area contributed by atoms with E-state index in [-0.39, 0.29) is 4.90 Å². The third-order valence-corrected chi connectivity index (χ3v) is 4.57. The summed E-state index contributed by atoms with van der Waals surface area (Å²) in [5, 5.41) is 0. The quantitative estimate of drug-likeness (QED) is 0.792. The van der Waals surface area contributed by atoms with Crippen molar-refractivity contribution < 1.29 is 13.2 Å². The Morgan fingerprint density at radius 3 is 2.65 bits per heavy atom. The molecule has 0 saturated heterocycles. The number of halogens is 1. The smallest absolute Gasteiger partial charge is 0.262 e. The molecule has 94 valence electrons. The number of hydrogen-bond acceptors (Lipinski definition) is 4. The number of nitrogens with zero attached hydrogens (tertiary/aromatic N) is 1. The molecule has 1 aliphatic rings. The zero-order valence-electron chi connectivity index (χ0n) is 9.47. The topological polar surface area (TPSA) is 56.3 Å². The lowest BCUT2D eigenvalue weighted by Gasteiger charge is -2.33. The summed E-state index contributed by atoms with van der Waals surface area (Å²) in [6, 6.07) is 2.92. The summed E-state index contributed by atoms with van der Waals surface area (Å²) in [7, 11) is 1.48. The van der Waals surface area contributed by atoms with E-state index in [1.165, 1.54) is 31.2 Å². The summed E-state index contributed by atoms with van der Waals surface area (Å²) < 4.78 is 27.5. The number of aromatic nitrogens is 1. The molecular formula is C11H14ClNO3S. The van der Waals surface area contributed by atoms with Crippen LogP contribution >= 0.6 is 10.7 Å². The molecular weight excluding hydrogens is 262 g/mol. The van der Waals surface area contributed by atoms with E-state index < -0.39 is 9.05 Å². The Bertz CT molecular complexity index is 486. The fourth-order valence-corrected chi connectivity index (χ4v) is 2.46. The molecule has 6 heteroatoms. The highest BCUT2D eigenvalue weighted by Crippen LogP contribution is 2.33. The molecule has 2 atom stereocenters. The van der Waals surface area contributed by atoms with Crippen LogP contribution in [-0.4, -0.2) is 20.0 Å². The summed E-state index contributed by atoms with van der Waals surface area (Å²) in [5.74, 6) is 1.74. The second kappa shape index (κ2) is 4.82. The van der Waals surface area contributed by atoms with E-state index in [1.54, 1.807) is 0 Å². The first-order valence-corrected chi connectivity index (χ1v) is 7.81.